The topological polar surface area (TPSA) is 61.6 Å². The third-order valence-corrected chi connectivity index (χ3v) is 4.21. The summed E-state index contributed by atoms with van der Waals surface area (Å²) in [4.78, 5) is 16.8. The van der Waals surface area contributed by atoms with Crippen LogP contribution in [0.3, 0.4) is 0 Å². The van der Waals surface area contributed by atoms with E-state index >= 15 is 0 Å². The molecule has 7 heteroatoms. The van der Waals surface area contributed by atoms with Gasteiger partial charge in [-0.25, -0.2) is 0 Å². The molecule has 0 aromatic heterocycles. The highest BCUT2D eigenvalue weighted by atomic mass is 35.5. The van der Waals surface area contributed by atoms with Crippen LogP contribution in [0.15, 0.2) is 24.3 Å². The monoisotopic (exact) mass is 376 g/mol. The molecule has 1 fully saturated rings. The van der Waals surface area contributed by atoms with Gasteiger partial charge in [-0.05, 0) is 51.1 Å². The van der Waals surface area contributed by atoms with E-state index in [0.717, 1.165) is 32.6 Å². The molecule has 1 amide bonds. The molecule has 0 saturated carbocycles. The smallest absolute Gasteiger partial charge is 0.251 e. The molecule has 24 heavy (non-hydrogen) atoms. The molecule has 1 saturated heterocycles. The first-order chi connectivity index (χ1) is 10.6. The second kappa shape index (κ2) is 11.5. The zero-order valence-corrected chi connectivity index (χ0v) is 16.2. The number of hydrogen-bond acceptors (Lipinski definition) is 4. The summed E-state index contributed by atoms with van der Waals surface area (Å²) in [5.74, 6) is -0.0235. The van der Waals surface area contributed by atoms with Gasteiger partial charge in [0.15, 0.2) is 0 Å². The van der Waals surface area contributed by atoms with Gasteiger partial charge in [0, 0.05) is 50.0 Å². The molecule has 1 aromatic carbocycles. The largest absolute Gasteiger partial charge is 0.369 e. The van der Waals surface area contributed by atoms with E-state index in [1.807, 2.05) is 24.3 Å². The number of anilines is 1. The van der Waals surface area contributed by atoms with Crippen molar-refractivity contribution in [3.63, 3.8) is 0 Å². The van der Waals surface area contributed by atoms with Crippen molar-refractivity contribution < 1.29 is 4.79 Å². The second-order valence-electron chi connectivity index (χ2n) is 6.06. The average Bonchev–Trinajstić information content (AvgIpc) is 2.55. The molecular formula is C17H30Cl2N4O. The number of nitrogens with two attached hydrogens (primary N) is 1. The number of hydrogen-bond donors (Lipinski definition) is 2. The van der Waals surface area contributed by atoms with Gasteiger partial charge in [0.25, 0.3) is 5.91 Å². The lowest BCUT2D eigenvalue weighted by Crippen LogP contribution is -2.48. The maximum absolute atomic E-state index is 12.0. The van der Waals surface area contributed by atoms with Gasteiger partial charge in [0.2, 0.25) is 0 Å². The van der Waals surface area contributed by atoms with Gasteiger partial charge in [0.1, 0.15) is 0 Å². The Hall–Kier alpha value is -1.01. The average molecular weight is 377 g/mol. The van der Waals surface area contributed by atoms with Crippen molar-refractivity contribution in [1.82, 2.24) is 10.2 Å². The first kappa shape index (κ1) is 23.0. The number of carbonyl (C=O) groups is 1. The van der Waals surface area contributed by atoms with Crippen molar-refractivity contribution in [2.24, 2.45) is 5.73 Å². The predicted octanol–water partition coefficient (Wildman–Crippen LogP) is 2.14. The van der Waals surface area contributed by atoms with E-state index in [0.29, 0.717) is 24.7 Å². The van der Waals surface area contributed by atoms with E-state index in [9.17, 15) is 4.79 Å². The number of nitrogens with one attached hydrogen (secondary N) is 1. The summed E-state index contributed by atoms with van der Waals surface area (Å²) in [5.41, 5.74) is 7.33. The molecule has 0 radical (unpaired) electrons. The van der Waals surface area contributed by atoms with Crippen molar-refractivity contribution in [3.8, 4) is 0 Å². The molecule has 0 aliphatic carbocycles. The third kappa shape index (κ3) is 6.48. The molecule has 5 nitrogen and oxygen atoms in total. The Morgan fingerprint density at radius 1 is 1.12 bits per heavy atom. The molecule has 1 heterocycles. The number of rotatable bonds is 6. The molecule has 0 spiro atoms. The predicted molar refractivity (Wildman–Crippen MR) is 106 cm³/mol. The minimum absolute atomic E-state index is 0. The quantitative estimate of drug-likeness (QED) is 0.746. The van der Waals surface area contributed by atoms with Gasteiger partial charge in [-0.1, -0.05) is 0 Å². The highest BCUT2D eigenvalue weighted by Gasteiger charge is 2.19. The molecule has 138 valence electrons. The highest BCUT2D eigenvalue weighted by molar-refractivity contribution is 5.94. The van der Waals surface area contributed by atoms with Gasteiger partial charge in [-0.2, -0.15) is 0 Å². The summed E-state index contributed by atoms with van der Waals surface area (Å²) >= 11 is 0. The van der Waals surface area contributed by atoms with Crippen LogP contribution in [0.25, 0.3) is 0 Å². The zero-order chi connectivity index (χ0) is 15.9. The van der Waals surface area contributed by atoms with Crippen LogP contribution >= 0.6 is 24.8 Å². The van der Waals surface area contributed by atoms with E-state index in [-0.39, 0.29) is 30.7 Å². The number of carbonyl (C=O) groups excluding carboxylic acids is 1. The summed E-state index contributed by atoms with van der Waals surface area (Å²) in [6, 6.07) is 8.51. The van der Waals surface area contributed by atoms with Crippen LogP contribution in [0.5, 0.6) is 0 Å². The minimum Gasteiger partial charge on any atom is -0.369 e. The van der Waals surface area contributed by atoms with Crippen LogP contribution in [0, 0.1) is 0 Å². The number of benzene rings is 1. The fourth-order valence-electron chi connectivity index (χ4n) is 2.73. The number of amides is 1. The molecule has 0 atom stereocenters. The number of piperazine rings is 1. The normalized spacial score (nSPS) is 14.8. The van der Waals surface area contributed by atoms with E-state index in [1.165, 1.54) is 5.69 Å². The van der Waals surface area contributed by atoms with E-state index in [1.54, 1.807) is 0 Å². The highest BCUT2D eigenvalue weighted by Crippen LogP contribution is 2.18. The van der Waals surface area contributed by atoms with Crippen LogP contribution in [0.1, 0.15) is 30.6 Å². The Kier molecular flexibility index (Phi) is 11.0. The SMILES string of the molecule is CC(C)N1CCN(c2ccc(C(=O)NCCCN)cc2)CC1.Cl.Cl. The van der Waals surface area contributed by atoms with Gasteiger partial charge in [-0.15, -0.1) is 24.8 Å². The molecule has 1 aromatic rings. The second-order valence-corrected chi connectivity index (χ2v) is 6.06. The Morgan fingerprint density at radius 2 is 1.71 bits per heavy atom. The summed E-state index contributed by atoms with van der Waals surface area (Å²) in [5, 5.41) is 2.88. The molecule has 2 rings (SSSR count). The van der Waals surface area contributed by atoms with Crippen molar-refractivity contribution in [3.05, 3.63) is 29.8 Å². The fraction of sp³-hybridized carbons (Fsp3) is 0.588. The van der Waals surface area contributed by atoms with Crippen LogP contribution in [0.4, 0.5) is 5.69 Å². The van der Waals surface area contributed by atoms with Crippen molar-refractivity contribution in [2.75, 3.05) is 44.2 Å². The first-order valence-corrected chi connectivity index (χ1v) is 8.19. The van der Waals surface area contributed by atoms with Gasteiger partial charge >= 0.3 is 0 Å². The van der Waals surface area contributed by atoms with E-state index in [2.05, 4.69) is 29.0 Å². The lowest BCUT2D eigenvalue weighted by molar-refractivity contribution is 0.0953. The maximum Gasteiger partial charge on any atom is 0.251 e. The Labute approximate surface area is 157 Å². The summed E-state index contributed by atoms with van der Waals surface area (Å²) in [6.45, 7) is 10.00. The lowest BCUT2D eigenvalue weighted by Gasteiger charge is -2.38. The summed E-state index contributed by atoms with van der Waals surface area (Å²) in [6.07, 6.45) is 0.809. The number of nitrogens with zero attached hydrogens (tertiary/aromatic N) is 2. The van der Waals surface area contributed by atoms with Crippen molar-refractivity contribution >= 4 is 36.4 Å². The van der Waals surface area contributed by atoms with Crippen LogP contribution in [0.2, 0.25) is 0 Å². The Bertz CT molecular complexity index is 474. The van der Waals surface area contributed by atoms with Crippen LogP contribution < -0.4 is 16.0 Å². The number of halogens is 2. The molecular weight excluding hydrogens is 347 g/mol. The third-order valence-electron chi connectivity index (χ3n) is 4.21. The minimum atomic E-state index is -0.0235. The van der Waals surface area contributed by atoms with Crippen molar-refractivity contribution in [2.45, 2.75) is 26.3 Å². The van der Waals surface area contributed by atoms with Gasteiger partial charge in [0.05, 0.1) is 0 Å². The Balaban J connectivity index is 0.00000264. The molecule has 0 unspecified atom stereocenters. The summed E-state index contributed by atoms with van der Waals surface area (Å²) in [7, 11) is 0. The fourth-order valence-corrected chi connectivity index (χ4v) is 2.73. The molecule has 1 aliphatic rings. The van der Waals surface area contributed by atoms with E-state index in [4.69, 9.17) is 5.73 Å². The van der Waals surface area contributed by atoms with Gasteiger partial charge in [-0.3, -0.25) is 9.69 Å². The lowest BCUT2D eigenvalue weighted by atomic mass is 10.1. The van der Waals surface area contributed by atoms with E-state index < -0.39 is 0 Å². The molecule has 1 aliphatic heterocycles. The molecule has 0 bridgehead atoms. The van der Waals surface area contributed by atoms with Crippen LogP contribution in [-0.4, -0.2) is 56.1 Å². The molecule has 3 N–H and O–H groups in total. The standard InChI is InChI=1S/C17H28N4O.2ClH/c1-14(2)20-10-12-21(13-11-20)16-6-4-15(5-7-16)17(22)19-9-3-8-18;;/h4-7,14H,3,8-13,18H2,1-2H3,(H,19,22);2*1H. The first-order valence-electron chi connectivity index (χ1n) is 8.19. The Morgan fingerprint density at radius 3 is 2.21 bits per heavy atom. The maximum atomic E-state index is 12.0. The zero-order valence-electron chi connectivity index (χ0n) is 14.5. The summed E-state index contributed by atoms with van der Waals surface area (Å²) < 4.78 is 0. The van der Waals surface area contributed by atoms with Gasteiger partial charge < -0.3 is 16.0 Å². The van der Waals surface area contributed by atoms with Crippen molar-refractivity contribution in [1.29, 1.82) is 0 Å². The van der Waals surface area contributed by atoms with Crippen LogP contribution in [-0.2, 0) is 0 Å².